The average Bonchev–Trinajstić information content (AvgIpc) is 3.15. The van der Waals surface area contributed by atoms with Crippen molar-refractivity contribution in [2.75, 3.05) is 10.6 Å². The number of hydrogen-bond donors (Lipinski definition) is 2. The maximum absolute atomic E-state index is 14.1. The van der Waals surface area contributed by atoms with Crippen LogP contribution < -0.4 is 10.6 Å². The molecule has 1 fully saturated rings. The van der Waals surface area contributed by atoms with Crippen LogP contribution in [0, 0.1) is 11.7 Å². The predicted molar refractivity (Wildman–Crippen MR) is 114 cm³/mol. The van der Waals surface area contributed by atoms with E-state index in [0.717, 1.165) is 44.2 Å². The van der Waals surface area contributed by atoms with Gasteiger partial charge in [0.1, 0.15) is 5.82 Å². The maximum Gasteiger partial charge on any atom is 0.417 e. The second-order valence-electron chi connectivity index (χ2n) is 7.64. The van der Waals surface area contributed by atoms with Crippen molar-refractivity contribution >= 4 is 44.2 Å². The van der Waals surface area contributed by atoms with Gasteiger partial charge in [0.15, 0.2) is 5.13 Å². The molecule has 2 amide bonds. The summed E-state index contributed by atoms with van der Waals surface area (Å²) in [5.74, 6) is -2.57. The third-order valence-corrected chi connectivity index (χ3v) is 6.33. The van der Waals surface area contributed by atoms with Gasteiger partial charge in [-0.05, 0) is 43.2 Å². The molecule has 32 heavy (non-hydrogen) atoms. The lowest BCUT2D eigenvalue weighted by Gasteiger charge is -2.19. The van der Waals surface area contributed by atoms with E-state index in [1.54, 1.807) is 6.07 Å². The van der Waals surface area contributed by atoms with Crippen molar-refractivity contribution in [3.8, 4) is 0 Å². The fraction of sp³-hybridized carbons (Fsp3) is 0.318. The Labute approximate surface area is 184 Å². The standard InChI is InChI=1S/C22H19F4N3O2S/c23-15-8-4-7-14(22(24,25)26)18(15)20(31)27-13-9-10-16-17(11-13)32-21(28-16)29-19(30)12-5-2-1-3-6-12/h4,7-12H,1-3,5-6H2,(H,27,31)(H,28,29,30). The highest BCUT2D eigenvalue weighted by Gasteiger charge is 2.36. The summed E-state index contributed by atoms with van der Waals surface area (Å²) in [6, 6.07) is 6.92. The molecule has 0 aliphatic heterocycles. The van der Waals surface area contributed by atoms with Crippen LogP contribution >= 0.6 is 11.3 Å². The summed E-state index contributed by atoms with van der Waals surface area (Å²) < 4.78 is 54.2. The van der Waals surface area contributed by atoms with Crippen LogP contribution in [0.25, 0.3) is 10.2 Å². The van der Waals surface area contributed by atoms with Gasteiger partial charge >= 0.3 is 6.18 Å². The molecule has 5 nitrogen and oxygen atoms in total. The molecule has 0 atom stereocenters. The largest absolute Gasteiger partial charge is 0.417 e. The monoisotopic (exact) mass is 465 g/mol. The van der Waals surface area contributed by atoms with Crippen LogP contribution in [-0.2, 0) is 11.0 Å². The number of nitrogens with one attached hydrogen (secondary N) is 2. The first-order valence-corrected chi connectivity index (χ1v) is 10.9. The zero-order valence-corrected chi connectivity index (χ0v) is 17.6. The Balaban J connectivity index is 1.53. The Morgan fingerprint density at radius 3 is 2.50 bits per heavy atom. The predicted octanol–water partition coefficient (Wildman–Crippen LogP) is 6.23. The van der Waals surface area contributed by atoms with Crippen molar-refractivity contribution in [2.45, 2.75) is 38.3 Å². The Morgan fingerprint density at radius 2 is 1.78 bits per heavy atom. The molecule has 0 saturated heterocycles. The highest BCUT2D eigenvalue weighted by Crippen LogP contribution is 2.34. The fourth-order valence-electron chi connectivity index (χ4n) is 3.81. The molecule has 1 aromatic heterocycles. The molecule has 0 bridgehead atoms. The minimum absolute atomic E-state index is 0.0331. The Hall–Kier alpha value is -3.01. The van der Waals surface area contributed by atoms with E-state index in [1.165, 1.54) is 23.5 Å². The van der Waals surface area contributed by atoms with Gasteiger partial charge < -0.3 is 10.6 Å². The third-order valence-electron chi connectivity index (χ3n) is 5.40. The molecule has 2 aromatic carbocycles. The first kappa shape index (κ1) is 22.2. The Kier molecular flexibility index (Phi) is 6.14. The van der Waals surface area contributed by atoms with Crippen LogP contribution in [0.1, 0.15) is 48.0 Å². The van der Waals surface area contributed by atoms with Gasteiger partial charge in [-0.1, -0.05) is 36.7 Å². The normalized spacial score (nSPS) is 15.0. The minimum atomic E-state index is -4.87. The number of fused-ring (bicyclic) bond motifs is 1. The zero-order valence-electron chi connectivity index (χ0n) is 16.8. The zero-order chi connectivity index (χ0) is 22.9. The summed E-state index contributed by atoms with van der Waals surface area (Å²) in [5.41, 5.74) is -1.66. The number of benzene rings is 2. The molecule has 3 aromatic rings. The van der Waals surface area contributed by atoms with E-state index < -0.39 is 29.0 Å². The van der Waals surface area contributed by atoms with Gasteiger partial charge in [-0.2, -0.15) is 13.2 Å². The molecular formula is C22H19F4N3O2S. The number of aromatic nitrogens is 1. The number of alkyl halides is 3. The molecule has 0 spiro atoms. The van der Waals surface area contributed by atoms with Crippen molar-refractivity contribution in [1.82, 2.24) is 4.98 Å². The fourth-order valence-corrected chi connectivity index (χ4v) is 4.72. The SMILES string of the molecule is O=C(Nc1ccc2nc(NC(=O)C3CCCCC3)sc2c1)c1c(F)cccc1C(F)(F)F. The van der Waals surface area contributed by atoms with Gasteiger partial charge in [0.25, 0.3) is 5.91 Å². The van der Waals surface area contributed by atoms with Gasteiger partial charge in [0.05, 0.1) is 21.3 Å². The second-order valence-corrected chi connectivity index (χ2v) is 8.67. The van der Waals surface area contributed by atoms with Crippen molar-refractivity contribution in [2.24, 2.45) is 5.92 Å². The van der Waals surface area contributed by atoms with Crippen molar-refractivity contribution in [1.29, 1.82) is 0 Å². The van der Waals surface area contributed by atoms with E-state index in [1.807, 2.05) is 0 Å². The number of thiazole rings is 1. The van der Waals surface area contributed by atoms with Crippen LogP contribution in [0.4, 0.5) is 28.4 Å². The van der Waals surface area contributed by atoms with Gasteiger partial charge in [0, 0.05) is 11.6 Å². The van der Waals surface area contributed by atoms with Crippen molar-refractivity contribution in [3.63, 3.8) is 0 Å². The minimum Gasteiger partial charge on any atom is -0.322 e. The molecule has 1 aliphatic rings. The number of rotatable bonds is 4. The molecule has 0 unspecified atom stereocenters. The first-order valence-electron chi connectivity index (χ1n) is 10.1. The summed E-state index contributed by atoms with van der Waals surface area (Å²) in [6.45, 7) is 0. The number of amides is 2. The van der Waals surface area contributed by atoms with Gasteiger partial charge in [0.2, 0.25) is 5.91 Å². The summed E-state index contributed by atoms with van der Waals surface area (Å²) in [6.07, 6.45) is 0.0163. The quantitative estimate of drug-likeness (QED) is 0.449. The molecule has 168 valence electrons. The van der Waals surface area contributed by atoms with E-state index in [9.17, 15) is 27.2 Å². The number of anilines is 2. The van der Waals surface area contributed by atoms with Crippen LogP contribution in [0.15, 0.2) is 36.4 Å². The molecule has 1 heterocycles. The smallest absolute Gasteiger partial charge is 0.322 e. The lowest BCUT2D eigenvalue weighted by atomic mass is 9.89. The van der Waals surface area contributed by atoms with E-state index in [-0.39, 0.29) is 17.5 Å². The van der Waals surface area contributed by atoms with E-state index >= 15 is 0 Å². The van der Waals surface area contributed by atoms with Crippen LogP contribution in [-0.4, -0.2) is 16.8 Å². The van der Waals surface area contributed by atoms with E-state index in [4.69, 9.17) is 0 Å². The van der Waals surface area contributed by atoms with Crippen LogP contribution in [0.2, 0.25) is 0 Å². The summed E-state index contributed by atoms with van der Waals surface area (Å²) in [4.78, 5) is 29.2. The summed E-state index contributed by atoms with van der Waals surface area (Å²) in [5, 5.41) is 5.55. The molecule has 2 N–H and O–H groups in total. The average molecular weight is 465 g/mol. The number of nitrogens with zero attached hydrogens (tertiary/aromatic N) is 1. The second kappa shape index (κ2) is 8.85. The van der Waals surface area contributed by atoms with Crippen molar-refractivity contribution in [3.05, 3.63) is 53.3 Å². The highest BCUT2D eigenvalue weighted by molar-refractivity contribution is 7.22. The summed E-state index contributed by atoms with van der Waals surface area (Å²) in [7, 11) is 0. The van der Waals surface area contributed by atoms with Gasteiger partial charge in [-0.3, -0.25) is 9.59 Å². The molecule has 10 heteroatoms. The topological polar surface area (TPSA) is 71.1 Å². The number of carbonyl (C=O) groups excluding carboxylic acids is 2. The molecule has 4 rings (SSSR count). The lowest BCUT2D eigenvalue weighted by molar-refractivity contribution is -0.138. The van der Waals surface area contributed by atoms with Gasteiger partial charge in [-0.15, -0.1) is 0 Å². The Bertz CT molecular complexity index is 1170. The molecule has 1 aliphatic carbocycles. The molecule has 1 saturated carbocycles. The summed E-state index contributed by atoms with van der Waals surface area (Å²) >= 11 is 1.19. The Morgan fingerprint density at radius 1 is 1.03 bits per heavy atom. The van der Waals surface area contributed by atoms with Crippen LogP contribution in [0.5, 0.6) is 0 Å². The van der Waals surface area contributed by atoms with Gasteiger partial charge in [-0.25, -0.2) is 9.37 Å². The van der Waals surface area contributed by atoms with Crippen LogP contribution in [0.3, 0.4) is 0 Å². The third kappa shape index (κ3) is 4.74. The molecular weight excluding hydrogens is 446 g/mol. The number of hydrogen-bond acceptors (Lipinski definition) is 4. The van der Waals surface area contributed by atoms with E-state index in [2.05, 4.69) is 15.6 Å². The molecule has 0 radical (unpaired) electrons. The number of carbonyl (C=O) groups is 2. The first-order chi connectivity index (χ1) is 15.2. The maximum atomic E-state index is 14.1. The lowest BCUT2D eigenvalue weighted by Crippen LogP contribution is -2.24. The number of halogens is 4. The van der Waals surface area contributed by atoms with Crippen molar-refractivity contribution < 1.29 is 27.2 Å². The highest BCUT2D eigenvalue weighted by atomic mass is 32.1. The van der Waals surface area contributed by atoms with E-state index in [0.29, 0.717) is 21.4 Å².